The Balaban J connectivity index is 1.78. The second kappa shape index (κ2) is 7.11. The molecular weight excluding hydrogens is 252 g/mol. The van der Waals surface area contributed by atoms with Crippen LogP contribution in [-0.2, 0) is 6.54 Å². The summed E-state index contributed by atoms with van der Waals surface area (Å²) in [5.41, 5.74) is 0.915. The van der Waals surface area contributed by atoms with Gasteiger partial charge in [-0.05, 0) is 43.6 Å². The van der Waals surface area contributed by atoms with Crippen LogP contribution in [0.3, 0.4) is 0 Å². The molecule has 0 amide bonds. The third-order valence-electron chi connectivity index (χ3n) is 4.21. The Labute approximate surface area is 122 Å². The van der Waals surface area contributed by atoms with Crippen molar-refractivity contribution in [2.45, 2.75) is 59.6 Å². The topological polar surface area (TPSA) is 47.3 Å². The summed E-state index contributed by atoms with van der Waals surface area (Å²) in [5, 5.41) is 3.35. The smallest absolute Gasteiger partial charge is 0.394 e. The number of rotatable bonds is 6. The monoisotopic (exact) mass is 280 g/mol. The minimum atomic E-state index is 0.260. The first-order chi connectivity index (χ1) is 9.54. The van der Waals surface area contributed by atoms with Crippen LogP contribution in [0.15, 0.2) is 10.7 Å². The summed E-state index contributed by atoms with van der Waals surface area (Å²) in [5.74, 6) is 2.16. The lowest BCUT2D eigenvalue weighted by Crippen LogP contribution is -2.28. The van der Waals surface area contributed by atoms with Gasteiger partial charge in [-0.15, -0.1) is 0 Å². The average molecular weight is 280 g/mol. The summed E-state index contributed by atoms with van der Waals surface area (Å²) in [6.45, 7) is 10.7. The maximum Gasteiger partial charge on any atom is 0.394 e. The fourth-order valence-corrected chi connectivity index (χ4v) is 2.66. The van der Waals surface area contributed by atoms with Crippen LogP contribution in [-0.4, -0.2) is 17.6 Å². The predicted molar refractivity (Wildman–Crippen MR) is 79.6 cm³/mol. The molecule has 0 saturated heterocycles. The van der Waals surface area contributed by atoms with Crippen LogP contribution in [0.5, 0.6) is 6.08 Å². The molecule has 4 nitrogen and oxygen atoms in total. The van der Waals surface area contributed by atoms with E-state index in [-0.39, 0.29) is 6.10 Å². The Hall–Kier alpha value is -1.03. The zero-order chi connectivity index (χ0) is 14.5. The molecule has 2 rings (SSSR count). The highest BCUT2D eigenvalue weighted by Gasteiger charge is 2.26. The highest BCUT2D eigenvalue weighted by molar-refractivity contribution is 5.00. The Morgan fingerprint density at radius 1 is 1.35 bits per heavy atom. The van der Waals surface area contributed by atoms with E-state index in [1.807, 2.05) is 0 Å². The SMILES string of the molecule is CC(C)CNCc1coc(OC2CCC(C)C(C)C2)n1. The van der Waals surface area contributed by atoms with E-state index >= 15 is 0 Å². The molecule has 0 aromatic carbocycles. The maximum absolute atomic E-state index is 5.88. The summed E-state index contributed by atoms with van der Waals surface area (Å²) in [6, 6.07) is 0. The zero-order valence-corrected chi connectivity index (χ0v) is 13.2. The highest BCUT2D eigenvalue weighted by atomic mass is 16.6. The molecule has 1 saturated carbocycles. The first-order valence-electron chi connectivity index (χ1n) is 7.86. The van der Waals surface area contributed by atoms with E-state index in [9.17, 15) is 0 Å². The van der Waals surface area contributed by atoms with E-state index in [4.69, 9.17) is 9.15 Å². The van der Waals surface area contributed by atoms with Crippen molar-refractivity contribution >= 4 is 0 Å². The van der Waals surface area contributed by atoms with Gasteiger partial charge in [0.15, 0.2) is 0 Å². The average Bonchev–Trinajstić information content (AvgIpc) is 2.81. The van der Waals surface area contributed by atoms with Crippen molar-refractivity contribution < 1.29 is 9.15 Å². The third-order valence-corrected chi connectivity index (χ3v) is 4.21. The van der Waals surface area contributed by atoms with E-state index < -0.39 is 0 Å². The van der Waals surface area contributed by atoms with Crippen molar-refractivity contribution in [2.24, 2.45) is 17.8 Å². The van der Waals surface area contributed by atoms with Gasteiger partial charge in [0.2, 0.25) is 0 Å². The molecule has 0 radical (unpaired) electrons. The van der Waals surface area contributed by atoms with Gasteiger partial charge in [-0.3, -0.25) is 0 Å². The number of nitrogens with one attached hydrogen (secondary N) is 1. The fourth-order valence-electron chi connectivity index (χ4n) is 2.66. The molecule has 1 aliphatic rings. The summed E-state index contributed by atoms with van der Waals surface area (Å²) >= 11 is 0. The minimum Gasteiger partial charge on any atom is -0.447 e. The standard InChI is InChI=1S/C16H28N2O2/c1-11(2)8-17-9-14-10-19-16(18-14)20-15-6-5-12(3)13(4)7-15/h10-13,15,17H,5-9H2,1-4H3. The van der Waals surface area contributed by atoms with E-state index in [0.29, 0.717) is 12.0 Å². The molecule has 1 aliphatic carbocycles. The van der Waals surface area contributed by atoms with Crippen LogP contribution in [0.25, 0.3) is 0 Å². The largest absolute Gasteiger partial charge is 0.447 e. The van der Waals surface area contributed by atoms with Crippen molar-refractivity contribution in [3.05, 3.63) is 12.0 Å². The number of oxazole rings is 1. The van der Waals surface area contributed by atoms with Gasteiger partial charge in [0.05, 0.1) is 5.69 Å². The first kappa shape index (κ1) is 15.4. The molecular formula is C16H28N2O2. The van der Waals surface area contributed by atoms with E-state index in [2.05, 4.69) is 38.0 Å². The van der Waals surface area contributed by atoms with Crippen LogP contribution in [0, 0.1) is 17.8 Å². The molecule has 1 fully saturated rings. The Morgan fingerprint density at radius 3 is 2.85 bits per heavy atom. The van der Waals surface area contributed by atoms with Gasteiger partial charge in [0.25, 0.3) is 0 Å². The predicted octanol–water partition coefficient (Wildman–Crippen LogP) is 3.62. The van der Waals surface area contributed by atoms with Gasteiger partial charge in [0, 0.05) is 6.54 Å². The van der Waals surface area contributed by atoms with Crippen LogP contribution in [0.1, 0.15) is 52.7 Å². The van der Waals surface area contributed by atoms with Crippen molar-refractivity contribution in [2.75, 3.05) is 6.54 Å². The van der Waals surface area contributed by atoms with Crippen LogP contribution in [0.4, 0.5) is 0 Å². The van der Waals surface area contributed by atoms with Crippen LogP contribution < -0.4 is 10.1 Å². The molecule has 4 heteroatoms. The molecule has 1 aromatic heterocycles. The quantitative estimate of drug-likeness (QED) is 0.864. The lowest BCUT2D eigenvalue weighted by atomic mass is 9.80. The van der Waals surface area contributed by atoms with Gasteiger partial charge >= 0.3 is 6.08 Å². The number of hydrogen-bond acceptors (Lipinski definition) is 4. The third kappa shape index (κ3) is 4.51. The minimum absolute atomic E-state index is 0.260. The van der Waals surface area contributed by atoms with Gasteiger partial charge in [-0.1, -0.05) is 27.7 Å². The second-order valence-electron chi connectivity index (χ2n) is 6.64. The molecule has 114 valence electrons. The van der Waals surface area contributed by atoms with Gasteiger partial charge in [-0.2, -0.15) is 4.98 Å². The fraction of sp³-hybridized carbons (Fsp3) is 0.812. The summed E-state index contributed by atoms with van der Waals surface area (Å²) in [4.78, 5) is 4.39. The van der Waals surface area contributed by atoms with Crippen molar-refractivity contribution in [1.82, 2.24) is 10.3 Å². The molecule has 0 bridgehead atoms. The number of aromatic nitrogens is 1. The van der Waals surface area contributed by atoms with E-state index in [0.717, 1.165) is 43.5 Å². The molecule has 1 aromatic rings. The van der Waals surface area contributed by atoms with Crippen molar-refractivity contribution in [3.63, 3.8) is 0 Å². The lowest BCUT2D eigenvalue weighted by molar-refractivity contribution is 0.0729. The molecule has 20 heavy (non-hydrogen) atoms. The second-order valence-corrected chi connectivity index (χ2v) is 6.64. The number of ether oxygens (including phenoxy) is 1. The molecule has 0 spiro atoms. The lowest BCUT2D eigenvalue weighted by Gasteiger charge is -2.31. The van der Waals surface area contributed by atoms with Crippen LogP contribution >= 0.6 is 0 Å². The van der Waals surface area contributed by atoms with Gasteiger partial charge in [0.1, 0.15) is 12.4 Å². The normalized spacial score (nSPS) is 26.9. The molecule has 3 unspecified atom stereocenters. The highest BCUT2D eigenvalue weighted by Crippen LogP contribution is 2.31. The van der Waals surface area contributed by atoms with Crippen LogP contribution in [0.2, 0.25) is 0 Å². The van der Waals surface area contributed by atoms with Crippen molar-refractivity contribution in [1.29, 1.82) is 0 Å². The first-order valence-corrected chi connectivity index (χ1v) is 7.86. The zero-order valence-electron chi connectivity index (χ0n) is 13.2. The van der Waals surface area contributed by atoms with Gasteiger partial charge in [-0.25, -0.2) is 0 Å². The van der Waals surface area contributed by atoms with Gasteiger partial charge < -0.3 is 14.5 Å². The molecule has 3 atom stereocenters. The summed E-state index contributed by atoms with van der Waals surface area (Å²) in [6.07, 6.45) is 5.82. The molecule has 1 heterocycles. The number of hydrogen-bond donors (Lipinski definition) is 1. The van der Waals surface area contributed by atoms with E-state index in [1.54, 1.807) is 6.26 Å². The molecule has 1 N–H and O–H groups in total. The Kier molecular flexibility index (Phi) is 5.46. The number of nitrogens with zero attached hydrogens (tertiary/aromatic N) is 1. The molecule has 0 aliphatic heterocycles. The summed E-state index contributed by atoms with van der Waals surface area (Å²) < 4.78 is 11.3. The summed E-state index contributed by atoms with van der Waals surface area (Å²) in [7, 11) is 0. The Bertz CT molecular complexity index is 403. The Morgan fingerprint density at radius 2 is 2.15 bits per heavy atom. The van der Waals surface area contributed by atoms with Crippen molar-refractivity contribution in [3.8, 4) is 6.08 Å². The van der Waals surface area contributed by atoms with E-state index in [1.165, 1.54) is 6.42 Å². The maximum atomic E-state index is 5.88.